The number of sulfonamides is 1. The lowest BCUT2D eigenvalue weighted by Crippen LogP contribution is -2.50. The van der Waals surface area contributed by atoms with E-state index in [9.17, 15) is 23.4 Å². The van der Waals surface area contributed by atoms with Crippen LogP contribution < -0.4 is 15.5 Å². The third-order valence-electron chi connectivity index (χ3n) is 6.41. The van der Waals surface area contributed by atoms with Gasteiger partial charge in [-0.05, 0) is 30.0 Å². The van der Waals surface area contributed by atoms with Gasteiger partial charge < -0.3 is 30.2 Å². The van der Waals surface area contributed by atoms with E-state index < -0.39 is 28.3 Å². The van der Waals surface area contributed by atoms with E-state index in [1.54, 1.807) is 6.07 Å². The van der Waals surface area contributed by atoms with Crippen LogP contribution in [0.2, 0.25) is 0 Å². The lowest BCUT2D eigenvalue weighted by Gasteiger charge is -2.30. The highest BCUT2D eigenvalue weighted by Gasteiger charge is 2.32. The Kier molecular flexibility index (Phi) is 8.87. The van der Waals surface area contributed by atoms with Crippen molar-refractivity contribution in [2.24, 2.45) is 5.92 Å². The number of amides is 1. The van der Waals surface area contributed by atoms with Crippen LogP contribution in [0.3, 0.4) is 0 Å². The summed E-state index contributed by atoms with van der Waals surface area (Å²) in [6.45, 7) is 6.74. The monoisotopic (exact) mass is 545 g/mol. The number of aliphatic hydroxyl groups is 1. The summed E-state index contributed by atoms with van der Waals surface area (Å²) in [5, 5.41) is 26.0. The molecule has 1 aromatic heterocycles. The lowest BCUT2D eigenvalue weighted by molar-refractivity contribution is 0.0980. The zero-order valence-corrected chi connectivity index (χ0v) is 22.4. The van der Waals surface area contributed by atoms with Gasteiger partial charge in [0.2, 0.25) is 10.0 Å². The molecule has 2 heterocycles. The Morgan fingerprint density at radius 2 is 1.87 bits per heavy atom. The van der Waals surface area contributed by atoms with Gasteiger partial charge in [-0.25, -0.2) is 13.2 Å². The highest BCUT2D eigenvalue weighted by molar-refractivity contribution is 7.89. The van der Waals surface area contributed by atoms with E-state index in [-0.39, 0.29) is 30.3 Å². The smallest absolute Gasteiger partial charge is 0.404 e. The number of aromatic nitrogens is 1. The molecule has 0 spiro atoms. The Bertz CT molecular complexity index is 1320. The van der Waals surface area contributed by atoms with Crippen molar-refractivity contribution in [3.63, 3.8) is 0 Å². The van der Waals surface area contributed by atoms with Gasteiger partial charge in [0.1, 0.15) is 5.52 Å². The van der Waals surface area contributed by atoms with Gasteiger partial charge in [0.05, 0.1) is 17.0 Å². The fourth-order valence-corrected chi connectivity index (χ4v) is 6.16. The zero-order chi connectivity index (χ0) is 27.3. The molecule has 1 aliphatic heterocycles. The normalized spacial score (nSPS) is 16.2. The molecule has 1 fully saturated rings. The van der Waals surface area contributed by atoms with Crippen LogP contribution >= 0.6 is 0 Å². The molecule has 38 heavy (non-hydrogen) atoms. The van der Waals surface area contributed by atoms with E-state index in [0.717, 1.165) is 31.7 Å². The topological polar surface area (TPSA) is 148 Å². The Labute approximate surface area is 222 Å². The Hall–Kier alpha value is -3.19. The van der Waals surface area contributed by atoms with E-state index in [1.165, 1.54) is 16.4 Å². The molecular weight excluding hydrogens is 510 g/mol. The fraction of sp³-hybridized carbons (Fsp3) is 0.462. The third-order valence-corrected chi connectivity index (χ3v) is 8.23. The molecule has 0 bridgehead atoms. The average molecular weight is 546 g/mol. The van der Waals surface area contributed by atoms with Gasteiger partial charge in [-0.15, -0.1) is 0 Å². The highest BCUT2D eigenvalue weighted by Crippen LogP contribution is 2.27. The summed E-state index contributed by atoms with van der Waals surface area (Å²) >= 11 is 0. The summed E-state index contributed by atoms with van der Waals surface area (Å²) in [5.41, 5.74) is 1.74. The number of anilines is 1. The summed E-state index contributed by atoms with van der Waals surface area (Å²) in [5.74, 6) is -0.0368. The number of oxazole rings is 1. The first kappa shape index (κ1) is 27.8. The van der Waals surface area contributed by atoms with Crippen molar-refractivity contribution >= 4 is 33.2 Å². The van der Waals surface area contributed by atoms with Crippen molar-refractivity contribution < 1.29 is 27.8 Å². The maximum absolute atomic E-state index is 13.8. The maximum Gasteiger partial charge on any atom is 0.404 e. The molecule has 3 aromatic rings. The first-order chi connectivity index (χ1) is 18.1. The van der Waals surface area contributed by atoms with E-state index in [2.05, 4.69) is 15.6 Å². The Balaban J connectivity index is 1.58. The SMILES string of the molecule is CC(C)CN(CC(O)C(Cc1ccccc1)NC(=O)O)S(=O)(=O)c1ccc2nc(N3CCNCC3)oc2c1. The zero-order valence-electron chi connectivity index (χ0n) is 21.6. The van der Waals surface area contributed by atoms with Gasteiger partial charge in [-0.3, -0.25) is 0 Å². The van der Waals surface area contributed by atoms with E-state index in [1.807, 2.05) is 49.1 Å². The number of aliphatic hydroxyl groups excluding tert-OH is 1. The van der Waals surface area contributed by atoms with Crippen molar-refractivity contribution in [3.8, 4) is 0 Å². The van der Waals surface area contributed by atoms with Crippen molar-refractivity contribution in [1.82, 2.24) is 19.9 Å². The van der Waals surface area contributed by atoms with Gasteiger partial charge in [0.15, 0.2) is 5.58 Å². The summed E-state index contributed by atoms with van der Waals surface area (Å²) < 4.78 is 34.6. The van der Waals surface area contributed by atoms with Crippen LogP contribution in [0.25, 0.3) is 11.1 Å². The number of fused-ring (bicyclic) bond motifs is 1. The quantitative estimate of drug-likeness (QED) is 0.284. The molecule has 206 valence electrons. The number of hydrogen-bond acceptors (Lipinski definition) is 8. The molecular formula is C26H35N5O6S. The lowest BCUT2D eigenvalue weighted by atomic mass is 10.0. The van der Waals surface area contributed by atoms with Crippen LogP contribution in [0.1, 0.15) is 19.4 Å². The first-order valence-corrected chi connectivity index (χ1v) is 14.2. The molecule has 1 saturated heterocycles. The van der Waals surface area contributed by atoms with Gasteiger partial charge in [-0.1, -0.05) is 44.2 Å². The van der Waals surface area contributed by atoms with Gasteiger partial charge in [0.25, 0.3) is 6.01 Å². The number of nitrogens with zero attached hydrogens (tertiary/aromatic N) is 3. The van der Waals surface area contributed by atoms with E-state index in [0.29, 0.717) is 17.1 Å². The van der Waals surface area contributed by atoms with Crippen LogP contribution in [-0.4, -0.2) is 85.4 Å². The molecule has 2 unspecified atom stereocenters. The molecule has 0 radical (unpaired) electrons. The van der Waals surface area contributed by atoms with Crippen molar-refractivity contribution in [1.29, 1.82) is 0 Å². The van der Waals surface area contributed by atoms with Crippen LogP contribution in [0.15, 0.2) is 57.8 Å². The molecule has 0 saturated carbocycles. The molecule has 0 aliphatic carbocycles. The standard InChI is InChI=1S/C26H35N5O6S/c1-18(2)16-31(17-23(32)22(29-26(33)34)14-19-6-4-3-5-7-19)38(35,36)20-8-9-21-24(15-20)37-25(28-21)30-12-10-27-11-13-30/h3-9,15,18,22-23,27,29,32H,10-14,16-17H2,1-2H3,(H,33,34). The summed E-state index contributed by atoms with van der Waals surface area (Å²) in [6, 6.07) is 13.2. The maximum atomic E-state index is 13.8. The number of carboxylic acid groups (broad SMARTS) is 1. The summed E-state index contributed by atoms with van der Waals surface area (Å²) in [6.07, 6.45) is -2.37. The predicted molar refractivity (Wildman–Crippen MR) is 144 cm³/mol. The van der Waals surface area contributed by atoms with Crippen molar-refractivity contribution in [2.45, 2.75) is 37.3 Å². The second kappa shape index (κ2) is 12.1. The number of carbonyl (C=O) groups is 1. The van der Waals surface area contributed by atoms with Gasteiger partial charge in [0, 0.05) is 45.3 Å². The van der Waals surface area contributed by atoms with Crippen molar-refractivity contribution in [2.75, 3.05) is 44.2 Å². The molecule has 12 heteroatoms. The van der Waals surface area contributed by atoms with Gasteiger partial charge in [-0.2, -0.15) is 9.29 Å². The number of nitrogens with one attached hydrogen (secondary N) is 2. The molecule has 11 nitrogen and oxygen atoms in total. The predicted octanol–water partition coefficient (Wildman–Crippen LogP) is 2.12. The van der Waals surface area contributed by atoms with Crippen LogP contribution in [-0.2, 0) is 16.4 Å². The molecule has 1 amide bonds. The van der Waals surface area contributed by atoms with E-state index >= 15 is 0 Å². The van der Waals surface area contributed by atoms with E-state index in [4.69, 9.17) is 4.42 Å². The number of benzene rings is 2. The van der Waals surface area contributed by atoms with Crippen LogP contribution in [0.4, 0.5) is 10.8 Å². The largest absolute Gasteiger partial charge is 0.465 e. The molecule has 4 rings (SSSR count). The molecule has 2 atom stereocenters. The third kappa shape index (κ3) is 6.81. The first-order valence-electron chi connectivity index (χ1n) is 12.7. The Morgan fingerprint density at radius 3 is 2.53 bits per heavy atom. The number of piperazine rings is 1. The van der Waals surface area contributed by atoms with Crippen LogP contribution in [0, 0.1) is 5.92 Å². The second-order valence-electron chi connectivity index (χ2n) is 9.89. The minimum Gasteiger partial charge on any atom is -0.465 e. The highest BCUT2D eigenvalue weighted by atomic mass is 32.2. The average Bonchev–Trinajstić information content (AvgIpc) is 3.32. The molecule has 1 aliphatic rings. The van der Waals surface area contributed by atoms with Crippen molar-refractivity contribution in [3.05, 3.63) is 54.1 Å². The molecule has 4 N–H and O–H groups in total. The minimum absolute atomic E-state index is 0.0201. The van der Waals surface area contributed by atoms with Crippen LogP contribution in [0.5, 0.6) is 0 Å². The minimum atomic E-state index is -4.05. The number of hydrogen-bond donors (Lipinski definition) is 4. The fourth-order valence-electron chi connectivity index (χ4n) is 4.52. The summed E-state index contributed by atoms with van der Waals surface area (Å²) in [4.78, 5) is 18.0. The van der Waals surface area contributed by atoms with Gasteiger partial charge >= 0.3 is 6.09 Å². The second-order valence-corrected chi connectivity index (χ2v) is 11.8. The molecule has 2 aromatic carbocycles. The summed E-state index contributed by atoms with van der Waals surface area (Å²) in [7, 11) is -4.05. The number of rotatable bonds is 11. The Morgan fingerprint density at radius 1 is 1.16 bits per heavy atom.